The van der Waals surface area contributed by atoms with Crippen LogP contribution in [0.5, 0.6) is 0 Å². The molecular weight excluding hydrogens is 296 g/mol. The monoisotopic (exact) mass is 316 g/mol. The smallest absolute Gasteiger partial charge is 0.252 e. The number of carbonyl (C=O) groups is 1. The minimum absolute atomic E-state index is 0.0662. The summed E-state index contributed by atoms with van der Waals surface area (Å²) >= 11 is 0.999. The number of rotatable bonds is 3. The van der Waals surface area contributed by atoms with Crippen molar-refractivity contribution in [2.24, 2.45) is 5.14 Å². The Bertz CT molecular complexity index is 614. The number of carbonyl (C=O) groups excluding carboxylic acids is 1. The Kier molecular flexibility index (Phi) is 4.22. The zero-order valence-electron chi connectivity index (χ0n) is 11.7. The summed E-state index contributed by atoms with van der Waals surface area (Å²) in [5.41, 5.74) is 0.658. The molecule has 1 aromatic heterocycles. The molecular formula is C13H20N2O3S2. The molecule has 1 saturated carbocycles. The van der Waals surface area contributed by atoms with Crippen molar-refractivity contribution in [3.63, 3.8) is 0 Å². The Labute approximate surface area is 123 Å². The second-order valence-corrected chi connectivity index (χ2v) is 8.32. The standard InChI is InChI=1S/C13H20N2O3S2/c1-9-10(8-19-12(9)20(14,17)18)11(16)15-13(2)6-4-3-5-7-13/h8H,3-7H2,1-2H3,(H,15,16)(H2,14,17,18). The molecule has 0 radical (unpaired) electrons. The first-order chi connectivity index (χ1) is 9.23. The number of primary sulfonamides is 1. The summed E-state index contributed by atoms with van der Waals surface area (Å²) in [5.74, 6) is -0.210. The number of sulfonamides is 1. The summed E-state index contributed by atoms with van der Waals surface area (Å²) in [4.78, 5) is 12.3. The maximum absolute atomic E-state index is 12.3. The van der Waals surface area contributed by atoms with Gasteiger partial charge in [-0.2, -0.15) is 0 Å². The fraction of sp³-hybridized carbons (Fsp3) is 0.615. The maximum Gasteiger partial charge on any atom is 0.252 e. The number of nitrogens with one attached hydrogen (secondary N) is 1. The van der Waals surface area contributed by atoms with Crippen molar-refractivity contribution in [2.75, 3.05) is 0 Å². The van der Waals surface area contributed by atoms with E-state index >= 15 is 0 Å². The van der Waals surface area contributed by atoms with Crippen molar-refractivity contribution < 1.29 is 13.2 Å². The molecule has 1 aromatic rings. The molecule has 0 saturated heterocycles. The van der Waals surface area contributed by atoms with Gasteiger partial charge in [0.15, 0.2) is 0 Å². The van der Waals surface area contributed by atoms with Crippen molar-refractivity contribution in [3.8, 4) is 0 Å². The van der Waals surface area contributed by atoms with E-state index < -0.39 is 10.0 Å². The fourth-order valence-corrected chi connectivity index (χ4v) is 4.71. The van der Waals surface area contributed by atoms with Crippen molar-refractivity contribution >= 4 is 27.3 Å². The largest absolute Gasteiger partial charge is 0.347 e. The van der Waals surface area contributed by atoms with E-state index in [1.165, 1.54) is 6.42 Å². The zero-order chi connectivity index (χ0) is 15.0. The Morgan fingerprint density at radius 2 is 1.95 bits per heavy atom. The lowest BCUT2D eigenvalue weighted by atomic mass is 9.83. The quantitative estimate of drug-likeness (QED) is 0.895. The molecule has 3 N–H and O–H groups in total. The molecule has 20 heavy (non-hydrogen) atoms. The summed E-state index contributed by atoms with van der Waals surface area (Å²) in [7, 11) is -3.76. The predicted octanol–water partition coefficient (Wildman–Crippen LogP) is 2.16. The third-order valence-corrected chi connectivity index (χ3v) is 6.55. The van der Waals surface area contributed by atoms with Gasteiger partial charge in [-0.25, -0.2) is 13.6 Å². The molecule has 7 heteroatoms. The Morgan fingerprint density at radius 1 is 1.35 bits per heavy atom. The number of hydrogen-bond acceptors (Lipinski definition) is 4. The van der Waals surface area contributed by atoms with Crippen LogP contribution in [0.2, 0.25) is 0 Å². The van der Waals surface area contributed by atoms with Gasteiger partial charge in [0.05, 0.1) is 5.56 Å². The van der Waals surface area contributed by atoms with E-state index in [0.29, 0.717) is 11.1 Å². The summed E-state index contributed by atoms with van der Waals surface area (Å²) in [6.45, 7) is 3.67. The van der Waals surface area contributed by atoms with Gasteiger partial charge >= 0.3 is 0 Å². The number of thiophene rings is 1. The van der Waals surface area contributed by atoms with Crippen LogP contribution in [0.3, 0.4) is 0 Å². The first kappa shape index (κ1) is 15.5. The van der Waals surface area contributed by atoms with Gasteiger partial charge in [0.25, 0.3) is 5.91 Å². The number of nitrogens with two attached hydrogens (primary N) is 1. The maximum atomic E-state index is 12.3. The lowest BCUT2D eigenvalue weighted by Gasteiger charge is -2.34. The highest BCUT2D eigenvalue weighted by Gasteiger charge is 2.30. The Hall–Kier alpha value is -0.920. The first-order valence-corrected chi connectivity index (χ1v) is 9.09. The van der Waals surface area contributed by atoms with Gasteiger partial charge in [-0.15, -0.1) is 11.3 Å². The van der Waals surface area contributed by atoms with Crippen LogP contribution in [0.15, 0.2) is 9.59 Å². The van der Waals surface area contributed by atoms with Gasteiger partial charge in [-0.05, 0) is 32.3 Å². The van der Waals surface area contributed by atoms with Crippen LogP contribution in [0, 0.1) is 6.92 Å². The molecule has 0 unspecified atom stereocenters. The Morgan fingerprint density at radius 3 is 2.45 bits per heavy atom. The molecule has 1 amide bonds. The molecule has 0 aromatic carbocycles. The van der Waals surface area contributed by atoms with Crippen molar-refractivity contribution in [2.45, 2.75) is 55.7 Å². The molecule has 0 bridgehead atoms. The van der Waals surface area contributed by atoms with Crippen LogP contribution < -0.4 is 10.5 Å². The molecule has 2 rings (SSSR count). The minimum Gasteiger partial charge on any atom is -0.347 e. The zero-order valence-corrected chi connectivity index (χ0v) is 13.4. The van der Waals surface area contributed by atoms with Crippen LogP contribution in [0.25, 0.3) is 0 Å². The molecule has 1 aliphatic rings. The topological polar surface area (TPSA) is 89.3 Å². The van der Waals surface area contributed by atoms with Crippen molar-refractivity contribution in [3.05, 3.63) is 16.5 Å². The second-order valence-electron chi connectivity index (χ2n) is 5.68. The van der Waals surface area contributed by atoms with E-state index in [1.54, 1.807) is 12.3 Å². The van der Waals surface area contributed by atoms with Crippen molar-refractivity contribution in [1.29, 1.82) is 0 Å². The predicted molar refractivity (Wildman–Crippen MR) is 79.4 cm³/mol. The molecule has 0 spiro atoms. The van der Waals surface area contributed by atoms with Crippen LogP contribution >= 0.6 is 11.3 Å². The lowest BCUT2D eigenvalue weighted by Crippen LogP contribution is -2.47. The highest BCUT2D eigenvalue weighted by Crippen LogP contribution is 2.30. The average molecular weight is 316 g/mol. The number of amides is 1. The first-order valence-electron chi connectivity index (χ1n) is 6.66. The molecule has 1 heterocycles. The van der Waals surface area contributed by atoms with Crippen LogP contribution in [-0.4, -0.2) is 19.9 Å². The van der Waals surface area contributed by atoms with Crippen molar-refractivity contribution in [1.82, 2.24) is 5.32 Å². The van der Waals surface area contributed by atoms with E-state index in [1.807, 2.05) is 6.92 Å². The van der Waals surface area contributed by atoms with E-state index in [2.05, 4.69) is 5.32 Å². The summed E-state index contributed by atoms with van der Waals surface area (Å²) in [5, 5.41) is 9.75. The third kappa shape index (κ3) is 3.21. The normalized spacial score (nSPS) is 18.8. The van der Waals surface area contributed by atoms with E-state index in [4.69, 9.17) is 5.14 Å². The van der Waals surface area contributed by atoms with E-state index in [9.17, 15) is 13.2 Å². The highest BCUT2D eigenvalue weighted by molar-refractivity contribution is 7.91. The van der Waals surface area contributed by atoms with E-state index in [-0.39, 0.29) is 15.7 Å². The summed E-state index contributed by atoms with van der Waals surface area (Å²) < 4.78 is 22.9. The van der Waals surface area contributed by atoms with Gasteiger partial charge in [-0.1, -0.05) is 19.3 Å². The van der Waals surface area contributed by atoms with Crippen LogP contribution in [-0.2, 0) is 10.0 Å². The minimum atomic E-state index is -3.76. The highest BCUT2D eigenvalue weighted by atomic mass is 32.2. The van der Waals surface area contributed by atoms with Gasteiger partial charge in [0, 0.05) is 10.9 Å². The summed E-state index contributed by atoms with van der Waals surface area (Å²) in [6.07, 6.45) is 5.36. The average Bonchev–Trinajstić information content (AvgIpc) is 2.71. The van der Waals surface area contributed by atoms with Crippen LogP contribution in [0.4, 0.5) is 0 Å². The van der Waals surface area contributed by atoms with Gasteiger partial charge in [-0.3, -0.25) is 4.79 Å². The third-order valence-electron chi connectivity index (χ3n) is 3.87. The van der Waals surface area contributed by atoms with Gasteiger partial charge in [0.2, 0.25) is 10.0 Å². The fourth-order valence-electron chi connectivity index (χ4n) is 2.70. The molecule has 1 fully saturated rings. The van der Waals surface area contributed by atoms with Gasteiger partial charge < -0.3 is 5.32 Å². The number of hydrogen-bond donors (Lipinski definition) is 2. The molecule has 0 atom stereocenters. The molecule has 5 nitrogen and oxygen atoms in total. The summed E-state index contributed by atoms with van der Waals surface area (Å²) in [6, 6.07) is 0. The SMILES string of the molecule is Cc1c(C(=O)NC2(C)CCCCC2)csc1S(N)(=O)=O. The van der Waals surface area contributed by atoms with E-state index in [0.717, 1.165) is 37.0 Å². The molecule has 112 valence electrons. The molecule has 1 aliphatic carbocycles. The Balaban J connectivity index is 2.20. The van der Waals surface area contributed by atoms with Gasteiger partial charge in [0.1, 0.15) is 4.21 Å². The molecule has 0 aliphatic heterocycles. The van der Waals surface area contributed by atoms with Crippen LogP contribution in [0.1, 0.15) is 54.9 Å². The second kappa shape index (κ2) is 5.46. The lowest BCUT2D eigenvalue weighted by molar-refractivity contribution is 0.0882.